The molecule has 1 aromatic carbocycles. The molecule has 2 N–H and O–H groups in total. The van der Waals surface area contributed by atoms with Crippen molar-refractivity contribution in [2.75, 3.05) is 12.4 Å². The number of amides is 1. The second-order valence-corrected chi connectivity index (χ2v) is 5.37. The Kier molecular flexibility index (Phi) is 4.56. The van der Waals surface area contributed by atoms with Gasteiger partial charge in [0, 0.05) is 44.2 Å². The van der Waals surface area contributed by atoms with E-state index >= 15 is 0 Å². The van der Waals surface area contributed by atoms with Gasteiger partial charge in [-0.25, -0.2) is 4.98 Å². The van der Waals surface area contributed by atoms with Crippen LogP contribution in [0.2, 0.25) is 0 Å². The van der Waals surface area contributed by atoms with E-state index in [1.54, 1.807) is 30.1 Å². The van der Waals surface area contributed by atoms with E-state index in [4.69, 9.17) is 0 Å². The normalized spacial score (nSPS) is 10.4. The van der Waals surface area contributed by atoms with Gasteiger partial charge < -0.3 is 10.6 Å². The lowest BCUT2D eigenvalue weighted by Gasteiger charge is -2.10. The molecule has 0 atom stereocenters. The van der Waals surface area contributed by atoms with Crippen molar-refractivity contribution in [2.24, 2.45) is 7.05 Å². The number of aryl methyl sites for hydroxylation is 1. The average Bonchev–Trinajstić information content (AvgIpc) is 3.01. The Morgan fingerprint density at radius 2 is 1.96 bits per heavy atom. The molecule has 0 fully saturated rings. The van der Waals surface area contributed by atoms with Crippen LogP contribution < -0.4 is 10.6 Å². The smallest absolute Gasteiger partial charge is 0.254 e. The molecule has 1 amide bonds. The van der Waals surface area contributed by atoms with Crippen LogP contribution in [0.5, 0.6) is 0 Å². The fourth-order valence-electron chi connectivity index (χ4n) is 2.55. The molecule has 6 nitrogen and oxygen atoms in total. The van der Waals surface area contributed by atoms with Crippen molar-refractivity contribution in [2.45, 2.75) is 6.54 Å². The maximum absolute atomic E-state index is 11.9. The van der Waals surface area contributed by atoms with Crippen molar-refractivity contribution < 1.29 is 4.79 Å². The van der Waals surface area contributed by atoms with Gasteiger partial charge >= 0.3 is 0 Å². The summed E-state index contributed by atoms with van der Waals surface area (Å²) >= 11 is 0. The Labute approximate surface area is 140 Å². The number of hydrogen-bond donors (Lipinski definition) is 2. The first kappa shape index (κ1) is 15.7. The molecule has 122 valence electrons. The molecule has 0 aliphatic rings. The fourth-order valence-corrected chi connectivity index (χ4v) is 2.55. The van der Waals surface area contributed by atoms with Crippen molar-refractivity contribution >= 4 is 11.7 Å². The highest BCUT2D eigenvalue weighted by Gasteiger charge is 2.13. The van der Waals surface area contributed by atoms with Gasteiger partial charge in [0.05, 0.1) is 11.3 Å². The third kappa shape index (κ3) is 3.27. The third-order valence-electron chi connectivity index (χ3n) is 3.68. The molecule has 3 aromatic rings. The zero-order chi connectivity index (χ0) is 16.9. The summed E-state index contributed by atoms with van der Waals surface area (Å²) in [6.45, 7) is 0.527. The lowest BCUT2D eigenvalue weighted by Crippen LogP contribution is -2.20. The van der Waals surface area contributed by atoms with Gasteiger partial charge in [0.15, 0.2) is 0 Å². The zero-order valence-corrected chi connectivity index (χ0v) is 13.7. The van der Waals surface area contributed by atoms with Gasteiger partial charge in [-0.1, -0.05) is 30.3 Å². The molecule has 0 aliphatic heterocycles. The van der Waals surface area contributed by atoms with Crippen LogP contribution in [0.4, 0.5) is 5.82 Å². The molecular formula is C18H19N5O. The number of pyridine rings is 1. The van der Waals surface area contributed by atoms with Gasteiger partial charge in [-0.15, -0.1) is 0 Å². The Balaban J connectivity index is 1.85. The van der Waals surface area contributed by atoms with E-state index in [-0.39, 0.29) is 5.91 Å². The largest absolute Gasteiger partial charge is 0.365 e. The number of carbonyl (C=O) groups excluding carboxylic acids is 1. The molecule has 6 heteroatoms. The van der Waals surface area contributed by atoms with E-state index in [0.717, 1.165) is 16.8 Å². The molecule has 2 aromatic heterocycles. The zero-order valence-electron chi connectivity index (χ0n) is 13.7. The van der Waals surface area contributed by atoms with Crippen molar-refractivity contribution in [3.8, 4) is 11.3 Å². The monoisotopic (exact) mass is 321 g/mol. The number of aromatic nitrogens is 3. The quantitative estimate of drug-likeness (QED) is 0.757. The fraction of sp³-hybridized carbons (Fsp3) is 0.167. The van der Waals surface area contributed by atoms with Crippen LogP contribution in [0.25, 0.3) is 11.3 Å². The molecule has 0 unspecified atom stereocenters. The molecule has 0 bridgehead atoms. The average molecular weight is 321 g/mol. The molecule has 0 radical (unpaired) electrons. The van der Waals surface area contributed by atoms with E-state index in [1.165, 1.54) is 0 Å². The minimum Gasteiger partial charge on any atom is -0.365 e. The van der Waals surface area contributed by atoms with E-state index < -0.39 is 0 Å². The highest BCUT2D eigenvalue weighted by atomic mass is 16.1. The standard InChI is InChI=1S/C18H19N5O/c1-19-18(24)15-9-6-10-20-17(15)21-11-14-12-23(2)22-16(14)13-7-4-3-5-8-13/h3-10,12H,11H2,1-2H3,(H,19,24)(H,20,21). The van der Waals surface area contributed by atoms with Crippen LogP contribution in [0.15, 0.2) is 54.9 Å². The molecule has 3 rings (SSSR count). The van der Waals surface area contributed by atoms with Gasteiger partial charge in [0.1, 0.15) is 5.82 Å². The lowest BCUT2D eigenvalue weighted by atomic mass is 10.1. The van der Waals surface area contributed by atoms with E-state index in [9.17, 15) is 4.79 Å². The second-order valence-electron chi connectivity index (χ2n) is 5.37. The molecule has 0 spiro atoms. The molecule has 0 saturated carbocycles. The van der Waals surface area contributed by atoms with Gasteiger partial charge in [-0.2, -0.15) is 5.10 Å². The van der Waals surface area contributed by atoms with Gasteiger partial charge in [0.25, 0.3) is 5.91 Å². The molecule has 24 heavy (non-hydrogen) atoms. The molecule has 2 heterocycles. The topological polar surface area (TPSA) is 71.8 Å². The Morgan fingerprint density at radius 1 is 1.17 bits per heavy atom. The van der Waals surface area contributed by atoms with E-state index in [2.05, 4.69) is 20.7 Å². The summed E-state index contributed by atoms with van der Waals surface area (Å²) < 4.78 is 1.79. The number of anilines is 1. The SMILES string of the molecule is CNC(=O)c1cccnc1NCc1cn(C)nc1-c1ccccc1. The Hall–Kier alpha value is -3.15. The predicted molar refractivity (Wildman–Crippen MR) is 93.6 cm³/mol. The summed E-state index contributed by atoms with van der Waals surface area (Å²) in [6, 6.07) is 13.5. The van der Waals surface area contributed by atoms with Crippen LogP contribution in [0.1, 0.15) is 15.9 Å². The minimum absolute atomic E-state index is 0.167. The van der Waals surface area contributed by atoms with E-state index in [0.29, 0.717) is 17.9 Å². The number of carbonyl (C=O) groups is 1. The van der Waals surface area contributed by atoms with Gasteiger partial charge in [-0.3, -0.25) is 9.48 Å². The maximum Gasteiger partial charge on any atom is 0.254 e. The number of hydrogen-bond acceptors (Lipinski definition) is 4. The summed E-state index contributed by atoms with van der Waals surface area (Å²) in [4.78, 5) is 16.2. The Morgan fingerprint density at radius 3 is 2.71 bits per heavy atom. The molecule has 0 aliphatic carbocycles. The number of nitrogens with zero attached hydrogens (tertiary/aromatic N) is 3. The lowest BCUT2D eigenvalue weighted by molar-refractivity contribution is 0.0963. The summed E-state index contributed by atoms with van der Waals surface area (Å²) in [5, 5.41) is 10.4. The second kappa shape index (κ2) is 6.95. The first-order valence-electron chi connectivity index (χ1n) is 7.68. The maximum atomic E-state index is 11.9. The highest BCUT2D eigenvalue weighted by molar-refractivity contribution is 5.98. The number of nitrogens with one attached hydrogen (secondary N) is 2. The van der Waals surface area contributed by atoms with Crippen LogP contribution in [0, 0.1) is 0 Å². The van der Waals surface area contributed by atoms with Crippen molar-refractivity contribution in [3.05, 3.63) is 66.0 Å². The summed E-state index contributed by atoms with van der Waals surface area (Å²) in [5.74, 6) is 0.389. The highest BCUT2D eigenvalue weighted by Crippen LogP contribution is 2.22. The van der Waals surface area contributed by atoms with Crippen LogP contribution in [0.3, 0.4) is 0 Å². The summed E-state index contributed by atoms with van der Waals surface area (Å²) in [7, 11) is 3.50. The summed E-state index contributed by atoms with van der Waals surface area (Å²) in [6.07, 6.45) is 3.63. The minimum atomic E-state index is -0.167. The van der Waals surface area contributed by atoms with Crippen molar-refractivity contribution in [1.29, 1.82) is 0 Å². The third-order valence-corrected chi connectivity index (χ3v) is 3.68. The van der Waals surface area contributed by atoms with Gasteiger partial charge in [0.2, 0.25) is 0 Å². The van der Waals surface area contributed by atoms with Crippen LogP contribution in [-0.2, 0) is 13.6 Å². The van der Waals surface area contributed by atoms with Crippen molar-refractivity contribution in [1.82, 2.24) is 20.1 Å². The number of benzene rings is 1. The molecule has 0 saturated heterocycles. The van der Waals surface area contributed by atoms with E-state index in [1.807, 2.05) is 43.6 Å². The first-order valence-corrected chi connectivity index (χ1v) is 7.68. The molecular weight excluding hydrogens is 302 g/mol. The number of rotatable bonds is 5. The van der Waals surface area contributed by atoms with Crippen LogP contribution >= 0.6 is 0 Å². The summed E-state index contributed by atoms with van der Waals surface area (Å²) in [5.41, 5.74) is 3.54. The van der Waals surface area contributed by atoms with Crippen LogP contribution in [-0.4, -0.2) is 27.7 Å². The van der Waals surface area contributed by atoms with Gasteiger partial charge in [-0.05, 0) is 12.1 Å². The Bertz CT molecular complexity index is 842. The van der Waals surface area contributed by atoms with Crippen molar-refractivity contribution in [3.63, 3.8) is 0 Å². The first-order chi connectivity index (χ1) is 11.7. The predicted octanol–water partition coefficient (Wildman–Crippen LogP) is 2.45.